The Kier molecular flexibility index (Phi) is 6.76. The zero-order valence-electron chi connectivity index (χ0n) is 12.7. The van der Waals surface area contributed by atoms with Gasteiger partial charge in [0.15, 0.2) is 11.4 Å². The lowest BCUT2D eigenvalue weighted by molar-refractivity contribution is 0.0949. The number of benzene rings is 1. The van der Waals surface area contributed by atoms with E-state index in [0.29, 0.717) is 28.9 Å². The van der Waals surface area contributed by atoms with Gasteiger partial charge in [-0.05, 0) is 36.8 Å². The van der Waals surface area contributed by atoms with Gasteiger partial charge in [0.05, 0.1) is 5.69 Å². The maximum atomic E-state index is 12.1. The second-order valence-electron chi connectivity index (χ2n) is 4.96. The molecular weight excluding hydrogens is 284 g/mol. The van der Waals surface area contributed by atoms with Gasteiger partial charge in [-0.1, -0.05) is 31.7 Å². The lowest BCUT2D eigenvalue weighted by Gasteiger charge is -2.09. The summed E-state index contributed by atoms with van der Waals surface area (Å²) < 4.78 is 0. The monoisotopic (exact) mass is 304 g/mol. The van der Waals surface area contributed by atoms with E-state index < -0.39 is 0 Å². The summed E-state index contributed by atoms with van der Waals surface area (Å²) in [4.78, 5) is 16.4. The molecule has 0 fully saturated rings. The maximum Gasteiger partial charge on any atom is 0.251 e. The van der Waals surface area contributed by atoms with E-state index in [1.165, 1.54) is 11.8 Å². The standard InChI is InChI=1S/C15H20N4OS/c1-10(2)8-17-14(20)12-6-5-11(3)13(7-12)19-15(21-4)18-9-16/h5-7,10H,8H2,1-4H3,(H,17,20)(H,18,19). The molecule has 0 saturated heterocycles. The predicted molar refractivity (Wildman–Crippen MR) is 87.7 cm³/mol. The van der Waals surface area contributed by atoms with Gasteiger partial charge < -0.3 is 5.32 Å². The van der Waals surface area contributed by atoms with Crippen molar-refractivity contribution in [1.82, 2.24) is 10.6 Å². The summed E-state index contributed by atoms with van der Waals surface area (Å²) in [5.74, 6) is 0.291. The topological polar surface area (TPSA) is 77.3 Å². The Labute approximate surface area is 129 Å². The van der Waals surface area contributed by atoms with Crippen LogP contribution in [0.25, 0.3) is 0 Å². The van der Waals surface area contributed by atoms with Crippen molar-refractivity contribution in [2.45, 2.75) is 20.8 Å². The Morgan fingerprint density at radius 3 is 2.76 bits per heavy atom. The molecule has 0 bridgehead atoms. The van der Waals surface area contributed by atoms with Crippen molar-refractivity contribution in [3.05, 3.63) is 29.3 Å². The van der Waals surface area contributed by atoms with Crippen LogP contribution in [0.5, 0.6) is 0 Å². The number of rotatable bonds is 4. The molecule has 1 rings (SSSR count). The first-order chi connectivity index (χ1) is 9.97. The second kappa shape index (κ2) is 8.32. The molecule has 0 aliphatic rings. The maximum absolute atomic E-state index is 12.1. The van der Waals surface area contributed by atoms with Gasteiger partial charge in [-0.3, -0.25) is 10.1 Å². The summed E-state index contributed by atoms with van der Waals surface area (Å²) in [5.41, 5.74) is 2.19. The number of nitriles is 1. The minimum absolute atomic E-state index is 0.112. The van der Waals surface area contributed by atoms with Crippen LogP contribution in [-0.2, 0) is 0 Å². The second-order valence-corrected chi connectivity index (χ2v) is 5.76. The van der Waals surface area contributed by atoms with E-state index in [0.717, 1.165) is 5.56 Å². The molecule has 0 aromatic heterocycles. The molecule has 112 valence electrons. The molecule has 1 amide bonds. The average molecular weight is 304 g/mol. The van der Waals surface area contributed by atoms with Crippen molar-refractivity contribution in [3.8, 4) is 6.19 Å². The van der Waals surface area contributed by atoms with E-state index in [1.807, 2.05) is 39.3 Å². The van der Waals surface area contributed by atoms with Crippen molar-refractivity contribution in [1.29, 1.82) is 5.26 Å². The Morgan fingerprint density at radius 1 is 1.48 bits per heavy atom. The van der Waals surface area contributed by atoms with Crippen LogP contribution in [0.3, 0.4) is 0 Å². The van der Waals surface area contributed by atoms with Gasteiger partial charge in [0.2, 0.25) is 0 Å². The lowest BCUT2D eigenvalue weighted by atomic mass is 10.1. The molecule has 0 spiro atoms. The van der Waals surface area contributed by atoms with Crippen LogP contribution in [0.15, 0.2) is 23.2 Å². The van der Waals surface area contributed by atoms with Crippen LogP contribution in [0.4, 0.5) is 5.69 Å². The van der Waals surface area contributed by atoms with Crippen LogP contribution in [0.2, 0.25) is 0 Å². The Balaban J connectivity index is 2.99. The Hall–Kier alpha value is -2.00. The smallest absolute Gasteiger partial charge is 0.251 e. The molecule has 0 heterocycles. The number of aryl methyl sites for hydroxylation is 1. The molecule has 1 aromatic carbocycles. The molecule has 2 N–H and O–H groups in total. The summed E-state index contributed by atoms with van der Waals surface area (Å²) in [7, 11) is 0. The van der Waals surface area contributed by atoms with E-state index in [1.54, 1.807) is 12.1 Å². The minimum atomic E-state index is -0.112. The summed E-state index contributed by atoms with van der Waals surface area (Å²) in [5, 5.41) is 14.6. The Bertz CT molecular complexity index is 576. The number of thioether (sulfide) groups is 1. The van der Waals surface area contributed by atoms with Crippen molar-refractivity contribution in [2.24, 2.45) is 10.9 Å². The third-order valence-electron chi connectivity index (χ3n) is 2.72. The van der Waals surface area contributed by atoms with E-state index in [9.17, 15) is 4.79 Å². The highest BCUT2D eigenvalue weighted by Crippen LogP contribution is 2.21. The van der Waals surface area contributed by atoms with E-state index in [-0.39, 0.29) is 5.91 Å². The van der Waals surface area contributed by atoms with Crippen LogP contribution >= 0.6 is 11.8 Å². The number of amidine groups is 1. The van der Waals surface area contributed by atoms with Crippen LogP contribution in [-0.4, -0.2) is 23.9 Å². The molecule has 1 aromatic rings. The fourth-order valence-electron chi connectivity index (χ4n) is 1.55. The number of carbonyl (C=O) groups is 1. The van der Waals surface area contributed by atoms with Crippen LogP contribution < -0.4 is 10.6 Å². The predicted octanol–water partition coefficient (Wildman–Crippen LogP) is 2.80. The Morgan fingerprint density at radius 2 is 2.19 bits per heavy atom. The normalized spacial score (nSPS) is 11.1. The SMILES string of the molecule is CSC(=Nc1cc(C(=O)NCC(C)C)ccc1C)NC#N. The first-order valence-corrected chi connectivity index (χ1v) is 7.87. The van der Waals surface area contributed by atoms with E-state index in [2.05, 4.69) is 15.6 Å². The van der Waals surface area contributed by atoms with Gasteiger partial charge in [0.25, 0.3) is 5.91 Å². The average Bonchev–Trinajstić information content (AvgIpc) is 2.46. The number of hydrogen-bond acceptors (Lipinski definition) is 4. The summed E-state index contributed by atoms with van der Waals surface area (Å²) in [6.45, 7) is 6.64. The molecule has 0 aliphatic carbocycles. The van der Waals surface area contributed by atoms with Crippen molar-refractivity contribution >= 4 is 28.5 Å². The number of nitrogens with one attached hydrogen (secondary N) is 2. The van der Waals surface area contributed by atoms with Crippen LogP contribution in [0, 0.1) is 24.3 Å². The van der Waals surface area contributed by atoms with Crippen molar-refractivity contribution in [2.75, 3.05) is 12.8 Å². The number of aliphatic imine (C=N–C) groups is 1. The molecule has 5 nitrogen and oxygen atoms in total. The van der Waals surface area contributed by atoms with Gasteiger partial charge >= 0.3 is 0 Å². The summed E-state index contributed by atoms with van der Waals surface area (Å²) in [6.07, 6.45) is 3.68. The highest BCUT2D eigenvalue weighted by molar-refractivity contribution is 8.13. The fourth-order valence-corrected chi connectivity index (χ4v) is 1.89. The van der Waals surface area contributed by atoms with Gasteiger partial charge in [-0.2, -0.15) is 5.26 Å². The number of hydrogen-bond donors (Lipinski definition) is 2. The molecule has 0 radical (unpaired) electrons. The quantitative estimate of drug-likeness (QED) is 0.388. The number of amides is 1. The van der Waals surface area contributed by atoms with Gasteiger partial charge in [-0.15, -0.1) is 0 Å². The first-order valence-electron chi connectivity index (χ1n) is 6.64. The number of nitrogens with zero attached hydrogens (tertiary/aromatic N) is 2. The minimum Gasteiger partial charge on any atom is -0.352 e. The van der Waals surface area contributed by atoms with Gasteiger partial charge in [0, 0.05) is 12.1 Å². The zero-order valence-corrected chi connectivity index (χ0v) is 13.5. The third-order valence-corrected chi connectivity index (χ3v) is 3.30. The first kappa shape index (κ1) is 17.1. The largest absolute Gasteiger partial charge is 0.352 e. The van der Waals surface area contributed by atoms with E-state index >= 15 is 0 Å². The molecule has 0 aliphatic heterocycles. The summed E-state index contributed by atoms with van der Waals surface area (Å²) in [6, 6.07) is 5.37. The molecule has 6 heteroatoms. The van der Waals surface area contributed by atoms with Crippen molar-refractivity contribution in [3.63, 3.8) is 0 Å². The lowest BCUT2D eigenvalue weighted by Crippen LogP contribution is -2.27. The zero-order chi connectivity index (χ0) is 15.8. The van der Waals surface area contributed by atoms with Crippen LogP contribution in [0.1, 0.15) is 29.8 Å². The van der Waals surface area contributed by atoms with E-state index in [4.69, 9.17) is 5.26 Å². The molecule has 0 atom stereocenters. The fraction of sp³-hybridized carbons (Fsp3) is 0.400. The highest BCUT2D eigenvalue weighted by atomic mass is 32.2. The molecule has 21 heavy (non-hydrogen) atoms. The van der Waals surface area contributed by atoms with Gasteiger partial charge in [0.1, 0.15) is 0 Å². The summed E-state index contributed by atoms with van der Waals surface area (Å²) >= 11 is 1.34. The third kappa shape index (κ3) is 5.48. The van der Waals surface area contributed by atoms with Gasteiger partial charge in [-0.25, -0.2) is 4.99 Å². The van der Waals surface area contributed by atoms with Crippen molar-refractivity contribution < 1.29 is 4.79 Å². The molecule has 0 saturated carbocycles. The number of carbonyl (C=O) groups excluding carboxylic acids is 1. The highest BCUT2D eigenvalue weighted by Gasteiger charge is 2.09. The molecule has 0 unspecified atom stereocenters. The molecular formula is C15H20N4OS.